The zero-order valence-corrected chi connectivity index (χ0v) is 19.3. The standard InChI is InChI=1S/C23H22ClF3N6O2/c24-19-6-7-20(30-29-19)33-18(14-1-3-16(4-2-14)23(25,26)27)13-17(31-33)5-8-21(34)32-11-9-15(10-12-32)22(28)35/h1-4,6-7,13,15H,5,8-12H2,(H2,28,35). The molecule has 35 heavy (non-hydrogen) atoms. The van der Waals surface area contributed by atoms with Gasteiger partial charge >= 0.3 is 6.18 Å². The minimum Gasteiger partial charge on any atom is -0.369 e. The van der Waals surface area contributed by atoms with Crippen LogP contribution in [-0.4, -0.2) is 49.8 Å². The van der Waals surface area contributed by atoms with Crippen molar-refractivity contribution >= 4 is 23.4 Å². The molecular weight excluding hydrogens is 485 g/mol. The second-order valence-corrected chi connectivity index (χ2v) is 8.67. The van der Waals surface area contributed by atoms with Crippen molar-refractivity contribution in [1.29, 1.82) is 0 Å². The number of piperidine rings is 1. The number of aryl methyl sites for hydroxylation is 1. The summed E-state index contributed by atoms with van der Waals surface area (Å²) in [6.45, 7) is 0.941. The van der Waals surface area contributed by atoms with E-state index in [4.69, 9.17) is 17.3 Å². The second kappa shape index (κ2) is 10.0. The van der Waals surface area contributed by atoms with Gasteiger partial charge in [-0.1, -0.05) is 23.7 Å². The van der Waals surface area contributed by atoms with Gasteiger partial charge in [0, 0.05) is 37.4 Å². The van der Waals surface area contributed by atoms with Crippen LogP contribution in [0.4, 0.5) is 13.2 Å². The Morgan fingerprint density at radius 1 is 1.06 bits per heavy atom. The zero-order chi connectivity index (χ0) is 25.2. The van der Waals surface area contributed by atoms with E-state index in [1.165, 1.54) is 22.9 Å². The Labute approximate surface area is 203 Å². The van der Waals surface area contributed by atoms with Gasteiger partial charge in [-0.2, -0.15) is 18.3 Å². The first-order chi connectivity index (χ1) is 16.6. The molecule has 3 aromatic rings. The number of primary amides is 1. The third kappa shape index (κ3) is 5.79. The molecule has 0 unspecified atom stereocenters. The molecule has 4 rings (SSSR count). The number of carbonyl (C=O) groups excluding carboxylic acids is 2. The molecule has 8 nitrogen and oxygen atoms in total. The molecule has 0 spiro atoms. The van der Waals surface area contributed by atoms with E-state index >= 15 is 0 Å². The lowest BCUT2D eigenvalue weighted by atomic mass is 9.96. The third-order valence-corrected chi connectivity index (χ3v) is 6.15. The zero-order valence-electron chi connectivity index (χ0n) is 18.5. The maximum absolute atomic E-state index is 13.0. The van der Waals surface area contributed by atoms with Gasteiger partial charge in [-0.15, -0.1) is 10.2 Å². The van der Waals surface area contributed by atoms with Crippen molar-refractivity contribution < 1.29 is 22.8 Å². The minimum atomic E-state index is -4.45. The number of halogens is 4. The predicted octanol–water partition coefficient (Wildman–Crippen LogP) is 3.66. The summed E-state index contributed by atoms with van der Waals surface area (Å²) in [5.41, 5.74) is 6.15. The number of alkyl halides is 3. The lowest BCUT2D eigenvalue weighted by Gasteiger charge is -2.30. The Morgan fingerprint density at radius 2 is 1.74 bits per heavy atom. The maximum Gasteiger partial charge on any atom is 0.416 e. The van der Waals surface area contributed by atoms with E-state index in [-0.39, 0.29) is 29.3 Å². The molecule has 1 aliphatic heterocycles. The van der Waals surface area contributed by atoms with Crippen molar-refractivity contribution in [2.75, 3.05) is 13.1 Å². The van der Waals surface area contributed by atoms with Gasteiger partial charge in [0.05, 0.1) is 17.0 Å². The lowest BCUT2D eigenvalue weighted by Crippen LogP contribution is -2.41. The molecule has 1 fully saturated rings. The number of rotatable bonds is 6. The highest BCUT2D eigenvalue weighted by Crippen LogP contribution is 2.32. The molecule has 1 saturated heterocycles. The SMILES string of the molecule is NC(=O)C1CCN(C(=O)CCc2cc(-c3ccc(C(F)(F)F)cc3)n(-c3ccc(Cl)nn3)n2)CC1. The number of hydrogen-bond donors (Lipinski definition) is 1. The number of nitrogens with two attached hydrogens (primary N) is 1. The van der Waals surface area contributed by atoms with E-state index in [9.17, 15) is 22.8 Å². The molecule has 2 aromatic heterocycles. The molecule has 12 heteroatoms. The highest BCUT2D eigenvalue weighted by Gasteiger charge is 2.30. The fourth-order valence-corrected chi connectivity index (χ4v) is 4.09. The summed E-state index contributed by atoms with van der Waals surface area (Å²) in [5.74, 6) is -0.287. The van der Waals surface area contributed by atoms with E-state index in [0.29, 0.717) is 55.1 Å². The first kappa shape index (κ1) is 24.6. The van der Waals surface area contributed by atoms with Crippen LogP contribution in [0.25, 0.3) is 17.1 Å². The van der Waals surface area contributed by atoms with Crippen LogP contribution in [0.5, 0.6) is 0 Å². The van der Waals surface area contributed by atoms with Gasteiger partial charge in [-0.3, -0.25) is 9.59 Å². The van der Waals surface area contributed by atoms with Crippen molar-refractivity contribution in [3.05, 3.63) is 58.9 Å². The quantitative estimate of drug-likeness (QED) is 0.549. The maximum atomic E-state index is 13.0. The van der Waals surface area contributed by atoms with Gasteiger partial charge in [-0.05, 0) is 43.2 Å². The predicted molar refractivity (Wildman–Crippen MR) is 121 cm³/mol. The van der Waals surface area contributed by atoms with Gasteiger partial charge in [0.1, 0.15) is 0 Å². The summed E-state index contributed by atoms with van der Waals surface area (Å²) in [4.78, 5) is 25.7. The van der Waals surface area contributed by atoms with Crippen molar-refractivity contribution in [2.24, 2.45) is 11.7 Å². The van der Waals surface area contributed by atoms with Crippen LogP contribution in [0.3, 0.4) is 0 Å². The monoisotopic (exact) mass is 506 g/mol. The van der Waals surface area contributed by atoms with Crippen molar-refractivity contribution in [3.63, 3.8) is 0 Å². The molecule has 1 aliphatic rings. The molecule has 2 N–H and O–H groups in total. The van der Waals surface area contributed by atoms with Crippen LogP contribution in [-0.2, 0) is 22.2 Å². The molecule has 0 aliphatic carbocycles. The van der Waals surface area contributed by atoms with Crippen molar-refractivity contribution in [3.8, 4) is 17.1 Å². The molecule has 0 radical (unpaired) electrons. The largest absolute Gasteiger partial charge is 0.416 e. The highest BCUT2D eigenvalue weighted by molar-refractivity contribution is 6.29. The van der Waals surface area contributed by atoms with Crippen LogP contribution in [0.15, 0.2) is 42.5 Å². The van der Waals surface area contributed by atoms with Crippen LogP contribution in [0, 0.1) is 5.92 Å². The first-order valence-corrected chi connectivity index (χ1v) is 11.3. The Hall–Kier alpha value is -3.47. The van der Waals surface area contributed by atoms with E-state index in [2.05, 4.69) is 15.3 Å². The number of amides is 2. The van der Waals surface area contributed by atoms with Gasteiger partial charge in [-0.25, -0.2) is 4.68 Å². The number of aromatic nitrogens is 4. The first-order valence-electron chi connectivity index (χ1n) is 10.9. The smallest absolute Gasteiger partial charge is 0.369 e. The summed E-state index contributed by atoms with van der Waals surface area (Å²) >= 11 is 5.83. The fourth-order valence-electron chi connectivity index (χ4n) is 3.99. The Balaban J connectivity index is 1.54. The average molecular weight is 507 g/mol. The highest BCUT2D eigenvalue weighted by atomic mass is 35.5. The van der Waals surface area contributed by atoms with Gasteiger partial charge in [0.2, 0.25) is 11.8 Å². The minimum absolute atomic E-state index is 0.0650. The number of likely N-dealkylation sites (tertiary alicyclic amines) is 1. The van der Waals surface area contributed by atoms with E-state index in [1.807, 2.05) is 0 Å². The van der Waals surface area contributed by atoms with Crippen LogP contribution < -0.4 is 5.73 Å². The molecule has 0 bridgehead atoms. The Bertz CT molecular complexity index is 1200. The summed E-state index contributed by atoms with van der Waals surface area (Å²) in [6.07, 6.45) is -2.85. The summed E-state index contributed by atoms with van der Waals surface area (Å²) in [6, 6.07) is 9.55. The van der Waals surface area contributed by atoms with Crippen molar-refractivity contribution in [1.82, 2.24) is 24.9 Å². The normalized spacial score (nSPS) is 14.8. The van der Waals surface area contributed by atoms with E-state index in [0.717, 1.165) is 12.1 Å². The number of benzene rings is 1. The van der Waals surface area contributed by atoms with Crippen LogP contribution >= 0.6 is 11.6 Å². The van der Waals surface area contributed by atoms with Crippen molar-refractivity contribution in [2.45, 2.75) is 31.9 Å². The average Bonchev–Trinajstić information content (AvgIpc) is 3.27. The van der Waals surface area contributed by atoms with E-state index in [1.54, 1.807) is 17.0 Å². The Morgan fingerprint density at radius 3 is 2.31 bits per heavy atom. The van der Waals surface area contributed by atoms with E-state index < -0.39 is 11.7 Å². The molecule has 1 aromatic carbocycles. The molecule has 3 heterocycles. The topological polar surface area (TPSA) is 107 Å². The van der Waals surface area contributed by atoms with Crippen LogP contribution in [0.1, 0.15) is 30.5 Å². The number of nitrogens with zero attached hydrogens (tertiary/aromatic N) is 5. The number of carbonyl (C=O) groups is 2. The second-order valence-electron chi connectivity index (χ2n) is 8.28. The summed E-state index contributed by atoms with van der Waals surface area (Å²) in [5, 5.41) is 12.5. The molecular formula is C23H22ClF3N6O2. The molecule has 0 atom stereocenters. The molecule has 2 amide bonds. The fraction of sp³-hybridized carbons (Fsp3) is 0.348. The van der Waals surface area contributed by atoms with Gasteiger partial charge < -0.3 is 10.6 Å². The molecule has 0 saturated carbocycles. The summed E-state index contributed by atoms with van der Waals surface area (Å²) < 4.78 is 40.4. The van der Waals surface area contributed by atoms with Crippen LogP contribution in [0.2, 0.25) is 5.15 Å². The molecule has 184 valence electrons. The Kier molecular flexibility index (Phi) is 7.06. The summed E-state index contributed by atoms with van der Waals surface area (Å²) in [7, 11) is 0. The lowest BCUT2D eigenvalue weighted by molar-refractivity contribution is -0.137. The van der Waals surface area contributed by atoms with Gasteiger partial charge in [0.15, 0.2) is 11.0 Å². The van der Waals surface area contributed by atoms with Gasteiger partial charge in [0.25, 0.3) is 0 Å². The third-order valence-electron chi connectivity index (χ3n) is 5.95. The number of hydrogen-bond acceptors (Lipinski definition) is 5.